The number of hydrogen-bond acceptors (Lipinski definition) is 2. The molecule has 0 amide bonds. The van der Waals surface area contributed by atoms with Crippen LogP contribution in [0.25, 0.3) is 0 Å². The van der Waals surface area contributed by atoms with Gasteiger partial charge >= 0.3 is 0 Å². The summed E-state index contributed by atoms with van der Waals surface area (Å²) in [5, 5.41) is 0. The molecule has 2 heteroatoms. The topological polar surface area (TPSA) is 43.1 Å². The van der Waals surface area contributed by atoms with Crippen LogP contribution < -0.4 is 5.73 Å². The number of rotatable bonds is 4. The average Bonchev–Trinajstić information content (AvgIpc) is 2.02. The van der Waals surface area contributed by atoms with E-state index in [0.717, 1.165) is 5.56 Å². The maximum atomic E-state index is 11.5. The van der Waals surface area contributed by atoms with Crippen LogP contribution in [-0.2, 0) is 11.2 Å². The van der Waals surface area contributed by atoms with E-state index in [1.54, 1.807) is 0 Å². The molecule has 1 aromatic rings. The average molecular weight is 191 g/mol. The maximum absolute atomic E-state index is 11.5. The summed E-state index contributed by atoms with van der Waals surface area (Å²) in [5.74, 6) is 0.198. The van der Waals surface area contributed by atoms with E-state index in [4.69, 9.17) is 5.73 Å². The van der Waals surface area contributed by atoms with E-state index in [-0.39, 0.29) is 5.78 Å². The summed E-state index contributed by atoms with van der Waals surface area (Å²) < 4.78 is 0. The number of carbonyl (C=O) groups excluding carboxylic acids is 1. The Hall–Kier alpha value is -1.15. The van der Waals surface area contributed by atoms with E-state index < -0.39 is 5.54 Å². The highest BCUT2D eigenvalue weighted by Gasteiger charge is 2.16. The lowest BCUT2D eigenvalue weighted by molar-refractivity contribution is -0.119. The molecule has 0 aromatic heterocycles. The van der Waals surface area contributed by atoms with Gasteiger partial charge in [-0.15, -0.1) is 0 Å². The van der Waals surface area contributed by atoms with Gasteiger partial charge in [-0.25, -0.2) is 0 Å². The van der Waals surface area contributed by atoms with E-state index in [0.29, 0.717) is 12.8 Å². The van der Waals surface area contributed by atoms with E-state index in [1.165, 1.54) is 0 Å². The van der Waals surface area contributed by atoms with Crippen molar-refractivity contribution in [2.45, 2.75) is 32.2 Å². The van der Waals surface area contributed by atoms with Gasteiger partial charge in [0.1, 0.15) is 5.78 Å². The monoisotopic (exact) mass is 191 g/mol. The van der Waals surface area contributed by atoms with Gasteiger partial charge in [0, 0.05) is 18.4 Å². The number of hydrogen-bond donors (Lipinski definition) is 1. The lowest BCUT2D eigenvalue weighted by atomic mass is 9.96. The van der Waals surface area contributed by atoms with E-state index in [2.05, 4.69) is 0 Å². The summed E-state index contributed by atoms with van der Waals surface area (Å²) in [5.41, 5.74) is 6.43. The first-order valence-corrected chi connectivity index (χ1v) is 4.82. The number of carbonyl (C=O) groups is 1. The molecule has 2 N–H and O–H groups in total. The summed E-state index contributed by atoms with van der Waals surface area (Å²) in [6.07, 6.45) is 0.920. The molecule has 0 fully saturated rings. The van der Waals surface area contributed by atoms with Crippen LogP contribution in [0.15, 0.2) is 30.3 Å². The van der Waals surface area contributed by atoms with Gasteiger partial charge in [0.2, 0.25) is 0 Å². The van der Waals surface area contributed by atoms with Crippen molar-refractivity contribution in [1.29, 1.82) is 0 Å². The molecular weight excluding hydrogens is 174 g/mol. The van der Waals surface area contributed by atoms with E-state index in [9.17, 15) is 4.79 Å². The molecule has 0 aliphatic rings. The molecule has 0 atom stereocenters. The van der Waals surface area contributed by atoms with Crippen molar-refractivity contribution in [1.82, 2.24) is 0 Å². The Kier molecular flexibility index (Phi) is 3.42. The van der Waals surface area contributed by atoms with Gasteiger partial charge in [0.15, 0.2) is 0 Å². The number of Topliss-reactive ketones (excluding diaryl/α,β-unsaturated/α-hetero) is 1. The molecule has 0 unspecified atom stereocenters. The molecule has 0 aliphatic carbocycles. The van der Waals surface area contributed by atoms with Crippen molar-refractivity contribution < 1.29 is 4.79 Å². The van der Waals surface area contributed by atoms with Gasteiger partial charge in [-0.05, 0) is 19.4 Å². The second kappa shape index (κ2) is 4.38. The van der Waals surface area contributed by atoms with Crippen LogP contribution in [0.3, 0.4) is 0 Å². The molecule has 1 aromatic carbocycles. The highest BCUT2D eigenvalue weighted by atomic mass is 16.1. The summed E-state index contributed by atoms with van der Waals surface area (Å²) in [6, 6.07) is 9.75. The smallest absolute Gasteiger partial charge is 0.139 e. The third kappa shape index (κ3) is 4.19. The van der Waals surface area contributed by atoms with Gasteiger partial charge in [-0.3, -0.25) is 4.79 Å². The van der Waals surface area contributed by atoms with Crippen LogP contribution in [-0.4, -0.2) is 11.3 Å². The molecule has 0 bridgehead atoms. The van der Waals surface area contributed by atoms with Gasteiger partial charge in [0.05, 0.1) is 0 Å². The van der Waals surface area contributed by atoms with Gasteiger partial charge in [-0.1, -0.05) is 30.3 Å². The van der Waals surface area contributed by atoms with Gasteiger partial charge < -0.3 is 5.73 Å². The number of benzene rings is 1. The standard InChI is InChI=1S/C12H17NO/c1-12(2,13)9-11(14)8-10-6-4-3-5-7-10/h3-7H,8-9,13H2,1-2H3. The van der Waals surface area contributed by atoms with E-state index in [1.807, 2.05) is 44.2 Å². The van der Waals surface area contributed by atoms with E-state index >= 15 is 0 Å². The molecule has 0 aliphatic heterocycles. The zero-order valence-electron chi connectivity index (χ0n) is 8.79. The Bertz CT molecular complexity index is 298. The maximum Gasteiger partial charge on any atom is 0.139 e. The molecular formula is C12H17NO. The zero-order chi connectivity index (χ0) is 10.6. The Morgan fingerprint density at radius 2 is 1.86 bits per heavy atom. The highest BCUT2D eigenvalue weighted by Crippen LogP contribution is 2.08. The molecule has 0 spiro atoms. The summed E-state index contributed by atoms with van der Waals surface area (Å²) >= 11 is 0. The fourth-order valence-corrected chi connectivity index (χ4v) is 1.39. The molecule has 76 valence electrons. The summed E-state index contributed by atoms with van der Waals surface area (Å²) in [7, 11) is 0. The summed E-state index contributed by atoms with van der Waals surface area (Å²) in [6.45, 7) is 3.74. The fraction of sp³-hybridized carbons (Fsp3) is 0.417. The van der Waals surface area contributed by atoms with Crippen LogP contribution in [0, 0.1) is 0 Å². The first-order chi connectivity index (χ1) is 6.47. The number of nitrogens with two attached hydrogens (primary N) is 1. The second-order valence-electron chi connectivity index (χ2n) is 4.37. The van der Waals surface area contributed by atoms with Crippen LogP contribution in [0.4, 0.5) is 0 Å². The first kappa shape index (κ1) is 10.9. The molecule has 2 nitrogen and oxygen atoms in total. The predicted molar refractivity (Wildman–Crippen MR) is 58.0 cm³/mol. The molecule has 0 saturated carbocycles. The normalized spacial score (nSPS) is 11.4. The molecule has 0 radical (unpaired) electrons. The molecule has 1 rings (SSSR count). The predicted octanol–water partition coefficient (Wildman–Crippen LogP) is 1.93. The van der Waals surface area contributed by atoms with Crippen LogP contribution in [0.2, 0.25) is 0 Å². The van der Waals surface area contributed by atoms with Crippen molar-refractivity contribution in [3.63, 3.8) is 0 Å². The summed E-state index contributed by atoms with van der Waals surface area (Å²) in [4.78, 5) is 11.5. The quantitative estimate of drug-likeness (QED) is 0.790. The largest absolute Gasteiger partial charge is 0.325 e. The highest BCUT2D eigenvalue weighted by molar-refractivity contribution is 5.81. The Labute approximate surface area is 85.1 Å². The first-order valence-electron chi connectivity index (χ1n) is 4.82. The lowest BCUT2D eigenvalue weighted by Gasteiger charge is -2.16. The van der Waals surface area contributed by atoms with Gasteiger partial charge in [0.25, 0.3) is 0 Å². The minimum absolute atomic E-state index is 0.198. The molecule has 0 heterocycles. The molecule has 0 saturated heterocycles. The Balaban J connectivity index is 2.50. The third-order valence-electron chi connectivity index (χ3n) is 1.90. The fourth-order valence-electron chi connectivity index (χ4n) is 1.39. The van der Waals surface area contributed by atoms with Crippen LogP contribution in [0.1, 0.15) is 25.8 Å². The Morgan fingerprint density at radius 3 is 2.36 bits per heavy atom. The zero-order valence-corrected chi connectivity index (χ0v) is 8.79. The van der Waals surface area contributed by atoms with Crippen molar-refractivity contribution in [3.05, 3.63) is 35.9 Å². The van der Waals surface area contributed by atoms with Crippen LogP contribution in [0.5, 0.6) is 0 Å². The Morgan fingerprint density at radius 1 is 1.29 bits per heavy atom. The minimum Gasteiger partial charge on any atom is -0.325 e. The van der Waals surface area contributed by atoms with Crippen LogP contribution >= 0.6 is 0 Å². The second-order valence-corrected chi connectivity index (χ2v) is 4.37. The molecule has 14 heavy (non-hydrogen) atoms. The SMILES string of the molecule is CC(C)(N)CC(=O)Cc1ccccc1. The van der Waals surface area contributed by atoms with Crippen molar-refractivity contribution in [2.75, 3.05) is 0 Å². The number of ketones is 1. The van der Waals surface area contributed by atoms with Gasteiger partial charge in [-0.2, -0.15) is 0 Å². The lowest BCUT2D eigenvalue weighted by Crippen LogP contribution is -2.35. The van der Waals surface area contributed by atoms with Crippen molar-refractivity contribution >= 4 is 5.78 Å². The third-order valence-corrected chi connectivity index (χ3v) is 1.90. The van der Waals surface area contributed by atoms with Crippen molar-refractivity contribution in [2.24, 2.45) is 5.73 Å². The van der Waals surface area contributed by atoms with Crippen molar-refractivity contribution in [3.8, 4) is 0 Å². The minimum atomic E-state index is -0.397.